The van der Waals surface area contributed by atoms with E-state index in [1.807, 2.05) is 6.92 Å². The van der Waals surface area contributed by atoms with E-state index >= 15 is 0 Å². The molecule has 0 aromatic heterocycles. The Morgan fingerprint density at radius 2 is 2.23 bits per heavy atom. The molecular weight excluding hydrogens is 188 g/mol. The molecule has 0 saturated heterocycles. The first kappa shape index (κ1) is 10.1. The van der Waals surface area contributed by atoms with Crippen molar-refractivity contribution in [2.75, 3.05) is 6.61 Å². The number of Topliss-reactive ketones (excluding diaryl/α,β-unsaturated/α-hetero) is 1. The van der Waals surface area contributed by atoms with E-state index < -0.39 is 0 Å². The minimum absolute atomic E-state index is 0.0750. The van der Waals surface area contributed by atoms with Crippen LogP contribution in [0.25, 0.3) is 0 Å². The van der Waals surface area contributed by atoms with Crippen LogP contribution in [0.5, 0.6) is 5.75 Å². The number of benzene rings is 1. The zero-order valence-corrected chi connectivity index (χ0v) is 8.39. The van der Waals surface area contributed by atoms with Gasteiger partial charge < -0.3 is 4.74 Å². The molecule has 13 heavy (non-hydrogen) atoms. The first-order chi connectivity index (χ1) is 6.16. The van der Waals surface area contributed by atoms with Gasteiger partial charge in [0.1, 0.15) is 5.75 Å². The van der Waals surface area contributed by atoms with E-state index in [9.17, 15) is 4.79 Å². The predicted octanol–water partition coefficient (Wildman–Crippen LogP) is 2.94. The van der Waals surface area contributed by atoms with E-state index in [4.69, 9.17) is 16.3 Å². The topological polar surface area (TPSA) is 26.3 Å². The smallest absolute Gasteiger partial charge is 0.165 e. The Morgan fingerprint density at radius 3 is 2.77 bits per heavy atom. The Bertz CT molecular complexity index is 321. The Hall–Kier alpha value is -1.02. The zero-order chi connectivity index (χ0) is 9.84. The van der Waals surface area contributed by atoms with Gasteiger partial charge in [-0.3, -0.25) is 4.79 Å². The molecule has 0 amide bonds. The molecule has 1 rings (SSSR count). The third-order valence-electron chi connectivity index (χ3n) is 1.63. The average molecular weight is 199 g/mol. The van der Waals surface area contributed by atoms with Crippen molar-refractivity contribution in [1.29, 1.82) is 0 Å². The number of carbonyl (C=O) groups is 1. The van der Waals surface area contributed by atoms with Gasteiger partial charge in [0.15, 0.2) is 5.78 Å². The van der Waals surface area contributed by atoms with Crippen molar-refractivity contribution in [3.05, 3.63) is 28.8 Å². The second kappa shape index (κ2) is 4.28. The highest BCUT2D eigenvalue weighted by atomic mass is 35.5. The summed E-state index contributed by atoms with van der Waals surface area (Å²) in [5.74, 6) is 0.483. The van der Waals surface area contributed by atoms with Crippen molar-refractivity contribution in [3.63, 3.8) is 0 Å². The molecule has 0 aliphatic carbocycles. The van der Waals surface area contributed by atoms with Gasteiger partial charge in [0.25, 0.3) is 0 Å². The lowest BCUT2D eigenvalue weighted by atomic mass is 10.1. The molecule has 0 fully saturated rings. The summed E-state index contributed by atoms with van der Waals surface area (Å²) in [6.07, 6.45) is 0. The first-order valence-electron chi connectivity index (χ1n) is 4.09. The number of hydrogen-bond acceptors (Lipinski definition) is 2. The van der Waals surface area contributed by atoms with E-state index in [0.29, 0.717) is 22.9 Å². The normalized spacial score (nSPS) is 9.77. The van der Waals surface area contributed by atoms with Gasteiger partial charge in [0.2, 0.25) is 0 Å². The molecule has 70 valence electrons. The molecule has 2 nitrogen and oxygen atoms in total. The number of ketones is 1. The SMILES string of the molecule is CCOc1cccc(Cl)c1C(C)=O. The Labute approximate surface area is 82.5 Å². The minimum Gasteiger partial charge on any atom is -0.493 e. The fraction of sp³-hybridized carbons (Fsp3) is 0.300. The quantitative estimate of drug-likeness (QED) is 0.698. The van der Waals surface area contributed by atoms with E-state index in [2.05, 4.69) is 0 Å². The Morgan fingerprint density at radius 1 is 1.54 bits per heavy atom. The molecule has 0 aliphatic rings. The monoisotopic (exact) mass is 198 g/mol. The summed E-state index contributed by atoms with van der Waals surface area (Å²) in [5.41, 5.74) is 0.464. The van der Waals surface area contributed by atoms with Crippen LogP contribution in [-0.4, -0.2) is 12.4 Å². The van der Waals surface area contributed by atoms with Gasteiger partial charge in [0.05, 0.1) is 17.2 Å². The van der Waals surface area contributed by atoms with Crippen molar-refractivity contribution >= 4 is 17.4 Å². The number of carbonyl (C=O) groups excluding carboxylic acids is 1. The van der Waals surface area contributed by atoms with Crippen LogP contribution in [0.2, 0.25) is 5.02 Å². The Balaban J connectivity index is 3.17. The molecule has 0 heterocycles. The van der Waals surface area contributed by atoms with Crippen LogP contribution in [0.1, 0.15) is 24.2 Å². The van der Waals surface area contributed by atoms with Crippen LogP contribution in [0.3, 0.4) is 0 Å². The van der Waals surface area contributed by atoms with Gasteiger partial charge in [-0.05, 0) is 26.0 Å². The van der Waals surface area contributed by atoms with Gasteiger partial charge in [-0.15, -0.1) is 0 Å². The summed E-state index contributed by atoms with van der Waals surface area (Å²) < 4.78 is 5.27. The molecule has 0 atom stereocenters. The first-order valence-corrected chi connectivity index (χ1v) is 4.46. The molecule has 1 aromatic rings. The van der Waals surface area contributed by atoms with Crippen molar-refractivity contribution in [2.24, 2.45) is 0 Å². The highest BCUT2D eigenvalue weighted by molar-refractivity contribution is 6.34. The summed E-state index contributed by atoms with van der Waals surface area (Å²) in [6, 6.07) is 5.19. The molecule has 0 saturated carbocycles. The second-order valence-corrected chi connectivity index (χ2v) is 3.01. The summed E-state index contributed by atoms with van der Waals surface area (Å²) in [4.78, 5) is 11.2. The van der Waals surface area contributed by atoms with Crippen molar-refractivity contribution in [1.82, 2.24) is 0 Å². The molecule has 0 unspecified atom stereocenters. The van der Waals surface area contributed by atoms with E-state index in [1.54, 1.807) is 18.2 Å². The Kier molecular flexibility index (Phi) is 3.32. The maximum Gasteiger partial charge on any atom is 0.165 e. The van der Waals surface area contributed by atoms with Crippen LogP contribution in [0.15, 0.2) is 18.2 Å². The van der Waals surface area contributed by atoms with Crippen molar-refractivity contribution < 1.29 is 9.53 Å². The lowest BCUT2D eigenvalue weighted by molar-refractivity contribution is 0.101. The van der Waals surface area contributed by atoms with E-state index in [-0.39, 0.29) is 5.78 Å². The summed E-state index contributed by atoms with van der Waals surface area (Å²) in [5, 5.41) is 0.443. The molecule has 0 radical (unpaired) electrons. The maximum atomic E-state index is 11.2. The second-order valence-electron chi connectivity index (χ2n) is 2.60. The number of ether oxygens (including phenoxy) is 1. The third-order valence-corrected chi connectivity index (χ3v) is 1.94. The van der Waals surface area contributed by atoms with Crippen LogP contribution >= 0.6 is 11.6 Å². The van der Waals surface area contributed by atoms with Crippen molar-refractivity contribution in [3.8, 4) is 5.75 Å². The fourth-order valence-electron chi connectivity index (χ4n) is 1.12. The van der Waals surface area contributed by atoms with Crippen LogP contribution in [0.4, 0.5) is 0 Å². The largest absolute Gasteiger partial charge is 0.493 e. The van der Waals surface area contributed by atoms with Crippen LogP contribution in [0, 0.1) is 0 Å². The van der Waals surface area contributed by atoms with Gasteiger partial charge in [-0.2, -0.15) is 0 Å². The molecular formula is C10H11ClO2. The van der Waals surface area contributed by atoms with Gasteiger partial charge in [-0.1, -0.05) is 17.7 Å². The average Bonchev–Trinajstić information content (AvgIpc) is 2.04. The van der Waals surface area contributed by atoms with Gasteiger partial charge >= 0.3 is 0 Å². The van der Waals surface area contributed by atoms with Crippen LogP contribution < -0.4 is 4.74 Å². The molecule has 0 spiro atoms. The predicted molar refractivity (Wildman–Crippen MR) is 52.6 cm³/mol. The summed E-state index contributed by atoms with van der Waals surface area (Å²) in [6.45, 7) is 3.87. The highest BCUT2D eigenvalue weighted by Gasteiger charge is 2.11. The zero-order valence-electron chi connectivity index (χ0n) is 7.63. The number of rotatable bonds is 3. The summed E-state index contributed by atoms with van der Waals surface area (Å²) in [7, 11) is 0. The summed E-state index contributed by atoms with van der Waals surface area (Å²) >= 11 is 5.86. The molecule has 1 aromatic carbocycles. The number of halogens is 1. The standard InChI is InChI=1S/C10H11ClO2/c1-3-13-9-6-4-5-8(11)10(9)7(2)12/h4-6H,3H2,1-2H3. The number of hydrogen-bond donors (Lipinski definition) is 0. The van der Waals surface area contributed by atoms with Crippen molar-refractivity contribution in [2.45, 2.75) is 13.8 Å². The van der Waals surface area contributed by atoms with Gasteiger partial charge in [-0.25, -0.2) is 0 Å². The van der Waals surface area contributed by atoms with Gasteiger partial charge in [0, 0.05) is 0 Å². The fourth-order valence-corrected chi connectivity index (χ4v) is 1.42. The lowest BCUT2D eigenvalue weighted by Crippen LogP contribution is -2.01. The highest BCUT2D eigenvalue weighted by Crippen LogP contribution is 2.26. The molecule has 3 heteroatoms. The minimum atomic E-state index is -0.0750. The molecule has 0 bridgehead atoms. The van der Waals surface area contributed by atoms with Crippen LogP contribution in [-0.2, 0) is 0 Å². The molecule has 0 N–H and O–H groups in total. The van der Waals surface area contributed by atoms with E-state index in [0.717, 1.165) is 0 Å². The lowest BCUT2D eigenvalue weighted by Gasteiger charge is -2.08. The van der Waals surface area contributed by atoms with E-state index in [1.165, 1.54) is 6.92 Å². The molecule has 0 aliphatic heterocycles. The third kappa shape index (κ3) is 2.22. The maximum absolute atomic E-state index is 11.2.